The Morgan fingerprint density at radius 1 is 0.243 bits per heavy atom. The maximum absolute atomic E-state index is 13.2. The van der Waals surface area contributed by atoms with E-state index in [1.54, 1.807) is 0 Å². The van der Waals surface area contributed by atoms with Crippen molar-refractivity contribution in [1.29, 1.82) is 0 Å². The van der Waals surface area contributed by atoms with Gasteiger partial charge in [0, 0.05) is 25.7 Å². The molecule has 111 heavy (non-hydrogen) atoms. The summed E-state index contributed by atoms with van der Waals surface area (Å²) in [5.74, 6) is 0.250. The quantitative estimate of drug-likeness (QED) is 0.0222. The van der Waals surface area contributed by atoms with E-state index in [2.05, 4.69) is 48.5 Å². The Hall–Kier alpha value is -1.94. The van der Waals surface area contributed by atoms with Crippen LogP contribution in [0.4, 0.5) is 0 Å². The van der Waals surface area contributed by atoms with Crippen molar-refractivity contribution in [2.24, 2.45) is 17.8 Å². The summed E-state index contributed by atoms with van der Waals surface area (Å²) >= 11 is 0. The average Bonchev–Trinajstić information content (AvgIpc) is 0.899. The molecule has 0 saturated carbocycles. The fraction of sp³-hybridized carbons (Fsp3) is 0.957. The summed E-state index contributed by atoms with van der Waals surface area (Å²) in [6.07, 6.45) is 75.2. The summed E-state index contributed by atoms with van der Waals surface area (Å²) in [5, 5.41) is 10.7. The van der Waals surface area contributed by atoms with Gasteiger partial charge in [-0.15, -0.1) is 0 Å². The van der Waals surface area contributed by atoms with Crippen LogP contribution < -0.4 is 0 Å². The summed E-state index contributed by atoms with van der Waals surface area (Å²) in [4.78, 5) is 73.4. The number of hydrogen-bond donors (Lipinski definition) is 3. The lowest BCUT2D eigenvalue weighted by Gasteiger charge is -2.21. The molecular weight excluding hydrogens is 1440 g/mol. The van der Waals surface area contributed by atoms with E-state index in [0.29, 0.717) is 25.7 Å². The van der Waals surface area contributed by atoms with Crippen LogP contribution in [0.5, 0.6) is 0 Å². The Balaban J connectivity index is 5.23. The standard InChI is InChI=1S/C92H180O17P2/c1-8-9-10-11-12-13-14-15-16-17-18-19-20-24-29-34-39-44-52-59-66-73-89(94)102-79-87(108-91(96)75-68-61-54-45-40-35-30-25-22-21-23-27-32-37-42-49-56-63-70-83(2)3)81-106-110(98,99)104-77-86(93)78-105-111(100,101)107-82-88(80-103-90(95)74-67-60-53-48-47-51-58-65-72-85(6)7)109-92(97)76-69-62-55-46-41-36-31-26-28-33-38-43-50-57-64-71-84(4)5/h83-88,93H,8-82H2,1-7H3,(H,98,99)(H,100,101)/t86-,87-,88-/m1/s1. The van der Waals surface area contributed by atoms with Gasteiger partial charge in [0.2, 0.25) is 0 Å². The van der Waals surface area contributed by atoms with Crippen LogP contribution in [0.3, 0.4) is 0 Å². The molecular formula is C92H180O17P2. The highest BCUT2D eigenvalue weighted by molar-refractivity contribution is 7.47. The van der Waals surface area contributed by atoms with Gasteiger partial charge in [0.1, 0.15) is 19.3 Å². The van der Waals surface area contributed by atoms with Crippen LogP contribution in [0, 0.1) is 17.8 Å². The first-order valence-electron chi connectivity index (χ1n) is 47.3. The zero-order valence-corrected chi connectivity index (χ0v) is 75.2. The lowest BCUT2D eigenvalue weighted by Crippen LogP contribution is -2.30. The second-order valence-electron chi connectivity index (χ2n) is 34.5. The molecule has 0 rings (SSSR count). The fourth-order valence-corrected chi connectivity index (χ4v) is 16.0. The van der Waals surface area contributed by atoms with E-state index >= 15 is 0 Å². The normalized spacial score (nSPS) is 13.8. The maximum Gasteiger partial charge on any atom is 0.472 e. The number of esters is 4. The second-order valence-corrected chi connectivity index (χ2v) is 37.4. The topological polar surface area (TPSA) is 237 Å². The molecule has 0 heterocycles. The molecule has 660 valence electrons. The molecule has 0 spiro atoms. The molecule has 0 aliphatic rings. The molecule has 19 heteroatoms. The molecule has 0 fully saturated rings. The molecule has 2 unspecified atom stereocenters. The molecule has 0 bridgehead atoms. The first-order chi connectivity index (χ1) is 53.7. The Labute approximate surface area is 683 Å². The number of carbonyl (C=O) groups excluding carboxylic acids is 4. The van der Waals surface area contributed by atoms with E-state index in [4.69, 9.17) is 37.0 Å². The van der Waals surface area contributed by atoms with Crippen LogP contribution in [0.2, 0.25) is 0 Å². The monoisotopic (exact) mass is 1620 g/mol. The number of phosphoric ester groups is 2. The molecule has 0 aromatic carbocycles. The molecule has 0 aromatic rings. The molecule has 0 aliphatic heterocycles. The number of phosphoric acid groups is 2. The Bertz CT molecular complexity index is 2130. The van der Waals surface area contributed by atoms with Crippen LogP contribution in [-0.2, 0) is 65.4 Å². The molecule has 17 nitrogen and oxygen atoms in total. The van der Waals surface area contributed by atoms with Crippen molar-refractivity contribution in [1.82, 2.24) is 0 Å². The first-order valence-corrected chi connectivity index (χ1v) is 50.3. The van der Waals surface area contributed by atoms with Gasteiger partial charge in [0.15, 0.2) is 12.2 Å². The van der Waals surface area contributed by atoms with E-state index in [0.717, 1.165) is 108 Å². The number of carbonyl (C=O) groups is 4. The van der Waals surface area contributed by atoms with Gasteiger partial charge in [-0.25, -0.2) is 9.13 Å². The van der Waals surface area contributed by atoms with E-state index in [-0.39, 0.29) is 25.7 Å². The Morgan fingerprint density at radius 3 is 0.613 bits per heavy atom. The zero-order chi connectivity index (χ0) is 81.5. The maximum atomic E-state index is 13.2. The van der Waals surface area contributed by atoms with E-state index in [1.165, 1.54) is 302 Å². The number of rotatable bonds is 90. The van der Waals surface area contributed by atoms with Gasteiger partial charge in [-0.1, -0.05) is 440 Å². The van der Waals surface area contributed by atoms with Crippen molar-refractivity contribution in [3.63, 3.8) is 0 Å². The van der Waals surface area contributed by atoms with Crippen molar-refractivity contribution < 1.29 is 80.2 Å². The highest BCUT2D eigenvalue weighted by Crippen LogP contribution is 2.45. The molecule has 5 atom stereocenters. The molecule has 0 aromatic heterocycles. The van der Waals surface area contributed by atoms with Crippen LogP contribution in [0.15, 0.2) is 0 Å². The zero-order valence-electron chi connectivity index (χ0n) is 73.4. The lowest BCUT2D eigenvalue weighted by atomic mass is 10.0. The second kappa shape index (κ2) is 81.8. The summed E-state index contributed by atoms with van der Waals surface area (Å²) < 4.78 is 69.1. The summed E-state index contributed by atoms with van der Waals surface area (Å²) in [5.41, 5.74) is 0. The molecule has 0 radical (unpaired) electrons. The van der Waals surface area contributed by atoms with Crippen LogP contribution >= 0.6 is 15.6 Å². The highest BCUT2D eigenvalue weighted by Gasteiger charge is 2.31. The van der Waals surface area contributed by atoms with Crippen LogP contribution in [-0.4, -0.2) is 96.7 Å². The lowest BCUT2D eigenvalue weighted by molar-refractivity contribution is -0.161. The number of aliphatic hydroxyl groups excluding tert-OH is 1. The average molecular weight is 1620 g/mol. The first kappa shape index (κ1) is 109. The summed E-state index contributed by atoms with van der Waals surface area (Å²) in [7, 11) is -9.94. The highest BCUT2D eigenvalue weighted by atomic mass is 31.2. The smallest absolute Gasteiger partial charge is 0.462 e. The van der Waals surface area contributed by atoms with Crippen molar-refractivity contribution in [3.8, 4) is 0 Å². The molecule has 0 saturated heterocycles. The number of ether oxygens (including phenoxy) is 4. The fourth-order valence-electron chi connectivity index (χ4n) is 14.4. The third-order valence-corrected chi connectivity index (χ3v) is 23.5. The van der Waals surface area contributed by atoms with Gasteiger partial charge in [-0.3, -0.25) is 37.3 Å². The number of hydrogen-bond acceptors (Lipinski definition) is 15. The summed E-state index contributed by atoms with van der Waals surface area (Å²) in [6.45, 7) is 12.0. The van der Waals surface area contributed by atoms with Gasteiger partial charge >= 0.3 is 39.5 Å². The van der Waals surface area contributed by atoms with E-state index in [9.17, 15) is 43.2 Å². The van der Waals surface area contributed by atoms with E-state index < -0.39 is 97.5 Å². The van der Waals surface area contributed by atoms with Crippen molar-refractivity contribution in [3.05, 3.63) is 0 Å². The van der Waals surface area contributed by atoms with Gasteiger partial charge in [0.05, 0.1) is 26.4 Å². The Kier molecular flexibility index (Phi) is 80.4. The molecule has 3 N–H and O–H groups in total. The number of aliphatic hydroxyl groups is 1. The van der Waals surface area contributed by atoms with Gasteiger partial charge in [-0.05, 0) is 43.4 Å². The predicted molar refractivity (Wildman–Crippen MR) is 460 cm³/mol. The minimum absolute atomic E-state index is 0.107. The molecule has 0 amide bonds. The summed E-state index contributed by atoms with van der Waals surface area (Å²) in [6, 6.07) is 0. The Morgan fingerprint density at radius 2 is 0.414 bits per heavy atom. The van der Waals surface area contributed by atoms with Crippen molar-refractivity contribution in [2.45, 2.75) is 510 Å². The minimum Gasteiger partial charge on any atom is -0.462 e. The van der Waals surface area contributed by atoms with E-state index in [1.807, 2.05) is 0 Å². The third-order valence-electron chi connectivity index (χ3n) is 21.6. The van der Waals surface area contributed by atoms with Gasteiger partial charge < -0.3 is 33.8 Å². The molecule has 0 aliphatic carbocycles. The predicted octanol–water partition coefficient (Wildman–Crippen LogP) is 28.4. The van der Waals surface area contributed by atoms with Gasteiger partial charge in [0.25, 0.3) is 0 Å². The minimum atomic E-state index is -4.97. The largest absolute Gasteiger partial charge is 0.472 e. The van der Waals surface area contributed by atoms with Crippen molar-refractivity contribution >= 4 is 39.5 Å². The van der Waals surface area contributed by atoms with Crippen LogP contribution in [0.1, 0.15) is 492 Å². The van der Waals surface area contributed by atoms with Crippen LogP contribution in [0.25, 0.3) is 0 Å². The SMILES string of the molecule is CCCCCCCCCCCCCCCCCCCCCCCC(=O)OC[C@H](COP(=O)(O)OC[C@@H](O)COP(=O)(O)OC[C@@H](COC(=O)CCCCCCCCCCC(C)C)OC(=O)CCCCCCCCCCCCCCCCCC(C)C)OC(=O)CCCCCCCCCCCCCCCCCCCCC(C)C. The number of unbranched alkanes of at least 4 members (excludes halogenated alkanes) is 58. The van der Waals surface area contributed by atoms with Crippen molar-refractivity contribution in [2.75, 3.05) is 39.6 Å². The van der Waals surface area contributed by atoms with Gasteiger partial charge in [-0.2, -0.15) is 0 Å². The third kappa shape index (κ3) is 85.8.